The molecule has 5 heteroatoms. The molecule has 0 radical (unpaired) electrons. The molecule has 0 saturated heterocycles. The van der Waals surface area contributed by atoms with Crippen molar-refractivity contribution in [2.24, 2.45) is 0 Å². The van der Waals surface area contributed by atoms with E-state index >= 15 is 0 Å². The van der Waals surface area contributed by atoms with E-state index in [0.29, 0.717) is 28.3 Å². The van der Waals surface area contributed by atoms with Gasteiger partial charge in [0.15, 0.2) is 11.3 Å². The largest absolute Gasteiger partial charge is 0.231 e. The van der Waals surface area contributed by atoms with Gasteiger partial charge in [-0.05, 0) is 31.2 Å². The highest BCUT2D eigenvalue weighted by Crippen LogP contribution is 2.19. The molecule has 0 N–H and O–H groups in total. The number of fused-ring (bicyclic) bond motifs is 1. The summed E-state index contributed by atoms with van der Waals surface area (Å²) >= 11 is 0. The summed E-state index contributed by atoms with van der Waals surface area (Å²) in [6, 6.07) is 11.8. The highest BCUT2D eigenvalue weighted by atomic mass is 19.1. The van der Waals surface area contributed by atoms with E-state index in [1.807, 2.05) is 0 Å². The Morgan fingerprint density at radius 3 is 2.84 bits per heavy atom. The molecule has 3 aromatic rings. The summed E-state index contributed by atoms with van der Waals surface area (Å²) in [5, 5.41) is 13.4. The summed E-state index contributed by atoms with van der Waals surface area (Å²) in [5.74, 6) is -0.318. The summed E-state index contributed by atoms with van der Waals surface area (Å²) in [6.45, 7) is 1.76. The van der Waals surface area contributed by atoms with Gasteiger partial charge in [-0.25, -0.2) is 13.9 Å². The molecule has 4 nitrogen and oxygen atoms in total. The lowest BCUT2D eigenvalue weighted by molar-refractivity contribution is 0.628. The predicted octanol–water partition coefficient (Wildman–Crippen LogP) is 2.72. The van der Waals surface area contributed by atoms with Crippen LogP contribution in [0.15, 0.2) is 36.4 Å². The maximum atomic E-state index is 13.2. The fourth-order valence-electron chi connectivity index (χ4n) is 1.97. The van der Waals surface area contributed by atoms with Gasteiger partial charge in [0.1, 0.15) is 11.9 Å². The highest BCUT2D eigenvalue weighted by molar-refractivity contribution is 5.61. The molecule has 0 aliphatic rings. The minimum absolute atomic E-state index is 0.318. The van der Waals surface area contributed by atoms with Gasteiger partial charge in [-0.3, -0.25) is 0 Å². The van der Waals surface area contributed by atoms with Crippen LogP contribution < -0.4 is 0 Å². The van der Waals surface area contributed by atoms with E-state index in [-0.39, 0.29) is 5.82 Å². The molecule has 1 aromatic carbocycles. The molecule has 0 spiro atoms. The topological polar surface area (TPSA) is 54.0 Å². The summed E-state index contributed by atoms with van der Waals surface area (Å²) in [7, 11) is 0. The van der Waals surface area contributed by atoms with Gasteiger partial charge in [-0.2, -0.15) is 10.4 Å². The fraction of sp³-hybridized carbons (Fsp3) is 0.0714. The Balaban J connectivity index is 2.24. The van der Waals surface area contributed by atoms with Crippen LogP contribution in [0.25, 0.3) is 16.9 Å². The van der Waals surface area contributed by atoms with Crippen molar-refractivity contribution in [1.82, 2.24) is 14.6 Å². The van der Waals surface area contributed by atoms with Gasteiger partial charge in [-0.15, -0.1) is 0 Å². The number of nitriles is 1. The molecule has 0 unspecified atom stereocenters. The number of nitrogens with zero attached hydrogens (tertiary/aromatic N) is 4. The lowest BCUT2D eigenvalue weighted by atomic mass is 10.1. The highest BCUT2D eigenvalue weighted by Gasteiger charge is 2.10. The molecule has 2 aromatic heterocycles. The first kappa shape index (κ1) is 11.4. The van der Waals surface area contributed by atoms with Crippen molar-refractivity contribution in [1.29, 1.82) is 5.26 Å². The second-order valence-corrected chi connectivity index (χ2v) is 4.16. The zero-order valence-electron chi connectivity index (χ0n) is 10.1. The quantitative estimate of drug-likeness (QED) is 0.669. The molecular weight excluding hydrogens is 243 g/mol. The average molecular weight is 252 g/mol. The van der Waals surface area contributed by atoms with Crippen LogP contribution in [-0.4, -0.2) is 14.6 Å². The van der Waals surface area contributed by atoms with E-state index in [1.54, 1.807) is 31.2 Å². The lowest BCUT2D eigenvalue weighted by Crippen LogP contribution is -1.97. The van der Waals surface area contributed by atoms with Gasteiger partial charge in [0.05, 0.1) is 11.4 Å². The Morgan fingerprint density at radius 2 is 2.11 bits per heavy atom. The van der Waals surface area contributed by atoms with Crippen LogP contribution in [0.3, 0.4) is 0 Å². The Labute approximate surface area is 108 Å². The second-order valence-electron chi connectivity index (χ2n) is 4.16. The number of imidazole rings is 1. The van der Waals surface area contributed by atoms with Crippen molar-refractivity contribution in [2.75, 3.05) is 0 Å². The summed E-state index contributed by atoms with van der Waals surface area (Å²) in [5.41, 5.74) is 2.90. The SMILES string of the molecule is Cc1nc2ccc(-c3cccc(F)c3)nn2c1C#N. The van der Waals surface area contributed by atoms with Gasteiger partial charge in [0, 0.05) is 5.56 Å². The van der Waals surface area contributed by atoms with E-state index in [1.165, 1.54) is 16.6 Å². The molecule has 92 valence electrons. The minimum atomic E-state index is -0.318. The van der Waals surface area contributed by atoms with Crippen LogP contribution in [0.1, 0.15) is 11.4 Å². The number of benzene rings is 1. The van der Waals surface area contributed by atoms with Gasteiger partial charge in [0.25, 0.3) is 0 Å². The Kier molecular flexibility index (Phi) is 2.50. The first-order chi connectivity index (χ1) is 9.19. The Hall–Kier alpha value is -2.74. The van der Waals surface area contributed by atoms with Crippen molar-refractivity contribution in [3.05, 3.63) is 53.6 Å². The van der Waals surface area contributed by atoms with Crippen molar-refractivity contribution in [2.45, 2.75) is 6.92 Å². The van der Waals surface area contributed by atoms with Crippen LogP contribution in [0, 0.1) is 24.1 Å². The van der Waals surface area contributed by atoms with Crippen LogP contribution in [-0.2, 0) is 0 Å². The van der Waals surface area contributed by atoms with Crippen molar-refractivity contribution in [3.8, 4) is 17.3 Å². The Morgan fingerprint density at radius 1 is 1.26 bits per heavy atom. The third kappa shape index (κ3) is 1.83. The molecule has 2 heterocycles. The van der Waals surface area contributed by atoms with Crippen LogP contribution in [0.2, 0.25) is 0 Å². The van der Waals surface area contributed by atoms with E-state index in [2.05, 4.69) is 16.2 Å². The molecule has 0 atom stereocenters. The number of aryl methyl sites for hydroxylation is 1. The maximum absolute atomic E-state index is 13.2. The number of hydrogen-bond acceptors (Lipinski definition) is 3. The van der Waals surface area contributed by atoms with E-state index in [9.17, 15) is 4.39 Å². The van der Waals surface area contributed by atoms with E-state index < -0.39 is 0 Å². The van der Waals surface area contributed by atoms with Crippen LogP contribution in [0.4, 0.5) is 4.39 Å². The zero-order chi connectivity index (χ0) is 13.4. The van der Waals surface area contributed by atoms with Gasteiger partial charge in [-0.1, -0.05) is 12.1 Å². The first-order valence-electron chi connectivity index (χ1n) is 5.71. The van der Waals surface area contributed by atoms with Crippen molar-refractivity contribution < 1.29 is 4.39 Å². The molecule has 3 rings (SSSR count). The van der Waals surface area contributed by atoms with Gasteiger partial charge < -0.3 is 0 Å². The summed E-state index contributed by atoms with van der Waals surface area (Å²) in [6.07, 6.45) is 0. The van der Waals surface area contributed by atoms with E-state index in [4.69, 9.17) is 5.26 Å². The summed E-state index contributed by atoms with van der Waals surface area (Å²) < 4.78 is 14.7. The zero-order valence-corrected chi connectivity index (χ0v) is 10.1. The molecule has 0 saturated carbocycles. The molecule has 0 fully saturated rings. The second kappa shape index (κ2) is 4.18. The number of halogens is 1. The first-order valence-corrected chi connectivity index (χ1v) is 5.71. The molecule has 0 bridgehead atoms. The molecule has 0 aliphatic heterocycles. The number of rotatable bonds is 1. The van der Waals surface area contributed by atoms with Gasteiger partial charge in [0.2, 0.25) is 0 Å². The number of aromatic nitrogens is 3. The normalized spacial score (nSPS) is 10.6. The third-order valence-corrected chi connectivity index (χ3v) is 2.88. The Bertz CT molecular complexity index is 814. The average Bonchev–Trinajstić information content (AvgIpc) is 2.73. The third-order valence-electron chi connectivity index (χ3n) is 2.88. The van der Waals surface area contributed by atoms with Crippen LogP contribution in [0.5, 0.6) is 0 Å². The lowest BCUT2D eigenvalue weighted by Gasteiger charge is -2.02. The monoisotopic (exact) mass is 252 g/mol. The van der Waals surface area contributed by atoms with Gasteiger partial charge >= 0.3 is 0 Å². The standard InChI is InChI=1S/C14H9FN4/c1-9-13(8-16)19-14(17-9)6-5-12(18-19)10-3-2-4-11(15)7-10/h2-7H,1H3. The maximum Gasteiger partial charge on any atom is 0.165 e. The smallest absolute Gasteiger partial charge is 0.165 e. The molecule has 0 aliphatic carbocycles. The summed E-state index contributed by atoms with van der Waals surface area (Å²) in [4.78, 5) is 4.24. The van der Waals surface area contributed by atoms with Crippen LogP contribution >= 0.6 is 0 Å². The van der Waals surface area contributed by atoms with Crippen molar-refractivity contribution in [3.63, 3.8) is 0 Å². The molecule has 19 heavy (non-hydrogen) atoms. The van der Waals surface area contributed by atoms with Crippen molar-refractivity contribution >= 4 is 5.65 Å². The molecule has 0 amide bonds. The van der Waals surface area contributed by atoms with E-state index in [0.717, 1.165) is 0 Å². The predicted molar refractivity (Wildman–Crippen MR) is 67.8 cm³/mol. The minimum Gasteiger partial charge on any atom is -0.231 e. The molecular formula is C14H9FN4. The number of hydrogen-bond donors (Lipinski definition) is 0. The fourth-order valence-corrected chi connectivity index (χ4v) is 1.97.